The Morgan fingerprint density at radius 2 is 1.44 bits per heavy atom. The maximum atomic E-state index is 14.9. The van der Waals surface area contributed by atoms with Gasteiger partial charge in [0.05, 0.1) is 54.2 Å². The summed E-state index contributed by atoms with van der Waals surface area (Å²) in [5, 5.41) is 0. The van der Waals surface area contributed by atoms with Gasteiger partial charge < -0.3 is 23.5 Å². The third-order valence-corrected chi connectivity index (χ3v) is 12.2. The van der Waals surface area contributed by atoms with Crippen LogP contribution in [0.25, 0.3) is 31.1 Å². The van der Waals surface area contributed by atoms with Crippen LogP contribution in [0.4, 0.5) is 21.8 Å². The lowest BCUT2D eigenvalue weighted by molar-refractivity contribution is -0.146. The molecule has 2 aromatic heterocycles. The Labute approximate surface area is 332 Å². The van der Waals surface area contributed by atoms with Crippen molar-refractivity contribution in [3.05, 3.63) is 91.4 Å². The summed E-state index contributed by atoms with van der Waals surface area (Å²) in [5.74, 6) is -0.237. The highest BCUT2D eigenvalue weighted by Gasteiger charge is 2.39. The summed E-state index contributed by atoms with van der Waals surface area (Å²) >= 11 is 9.23. The minimum atomic E-state index is -4.82. The maximum absolute atomic E-state index is 14.9. The number of alkyl halides is 3. The minimum Gasteiger partial charge on any atom is -0.482 e. The average Bonchev–Trinajstić information content (AvgIpc) is 3.72. The number of allylic oxidation sites excluding steroid dienone is 5. The summed E-state index contributed by atoms with van der Waals surface area (Å²) in [5.41, 5.74) is 0.408. The van der Waals surface area contributed by atoms with Crippen LogP contribution in [-0.2, 0) is 26.1 Å². The van der Waals surface area contributed by atoms with Crippen LogP contribution < -0.4 is 9.47 Å². The van der Waals surface area contributed by atoms with Gasteiger partial charge in [-0.15, -0.1) is 11.3 Å². The molecule has 18 heteroatoms. The van der Waals surface area contributed by atoms with Crippen LogP contribution in [0.15, 0.2) is 85.0 Å². The van der Waals surface area contributed by atoms with Crippen molar-refractivity contribution in [3.8, 4) is 21.9 Å². The van der Waals surface area contributed by atoms with Crippen molar-refractivity contribution in [3.63, 3.8) is 0 Å². The number of esters is 2. The van der Waals surface area contributed by atoms with Gasteiger partial charge in [0, 0.05) is 16.9 Å². The average molecular weight is 916 g/mol. The van der Waals surface area contributed by atoms with Crippen LogP contribution in [0.5, 0.6) is 11.5 Å². The van der Waals surface area contributed by atoms with Crippen molar-refractivity contribution in [2.45, 2.75) is 26.9 Å². The molecule has 2 aromatic carbocycles. The molecule has 0 aliphatic carbocycles. The van der Waals surface area contributed by atoms with E-state index in [-0.39, 0.29) is 52.8 Å². The van der Waals surface area contributed by atoms with Gasteiger partial charge in [-0.1, -0.05) is 23.9 Å². The summed E-state index contributed by atoms with van der Waals surface area (Å²) in [7, 11) is -1.60. The summed E-state index contributed by atoms with van der Waals surface area (Å²) in [6.07, 6.45) is -3.60. The monoisotopic (exact) mass is 914 g/mol. The van der Waals surface area contributed by atoms with Crippen LogP contribution in [0, 0.1) is 0 Å². The number of carbonyl (C=O) groups is 2. The topological polar surface area (TPSA) is 88.3 Å². The number of hydrogen-bond donors (Lipinski definition) is 0. The summed E-state index contributed by atoms with van der Waals surface area (Å²) in [4.78, 5) is 28.0. The third-order valence-electron chi connectivity index (χ3n) is 7.74. The molecular weight excluding hydrogens is 886 g/mol. The van der Waals surface area contributed by atoms with E-state index in [0.717, 1.165) is 22.2 Å². The molecule has 0 spiro atoms. The molecule has 1 aliphatic rings. The normalized spacial score (nSPS) is 15.2. The highest BCUT2D eigenvalue weighted by molar-refractivity contribution is 9.12. The minimum absolute atomic E-state index is 0.0910. The predicted molar refractivity (Wildman–Crippen MR) is 210 cm³/mol. The van der Waals surface area contributed by atoms with Crippen LogP contribution >= 0.6 is 55.0 Å². The number of nitrogens with zero attached hydrogens (tertiary/aromatic N) is 2. The molecular formula is C36H30BBr2F5N2O6S2. The van der Waals surface area contributed by atoms with E-state index < -0.39 is 31.1 Å². The van der Waals surface area contributed by atoms with E-state index in [1.54, 1.807) is 62.4 Å². The van der Waals surface area contributed by atoms with Crippen molar-refractivity contribution in [2.75, 3.05) is 26.4 Å². The predicted octanol–water partition coefficient (Wildman–Crippen LogP) is 10.6. The van der Waals surface area contributed by atoms with Gasteiger partial charge in [0.1, 0.15) is 11.5 Å². The third kappa shape index (κ3) is 9.49. The second kappa shape index (κ2) is 17.7. The van der Waals surface area contributed by atoms with E-state index in [1.165, 1.54) is 42.0 Å². The SMILES string of the molecule is CCOC(=O)COc1ccc(C2=C(Br)C(=NB(F)F)/C(=C\C(C)=C(\c3cc4sc(-c5ccc(OCC(=O)OCC)cc5)c(Br)c4n3C)C(F)(F)F)S2)cc1. The highest BCUT2D eigenvalue weighted by Crippen LogP contribution is 2.50. The number of carbonyl (C=O) groups excluding carboxylic acids is 2. The second-order valence-corrected chi connectivity index (χ2v) is 15.0. The van der Waals surface area contributed by atoms with Gasteiger partial charge >= 0.3 is 25.5 Å². The van der Waals surface area contributed by atoms with Crippen molar-refractivity contribution in [1.29, 1.82) is 0 Å². The zero-order valence-electron chi connectivity index (χ0n) is 29.0. The molecule has 1 aliphatic heterocycles. The Morgan fingerprint density at radius 1 is 0.907 bits per heavy atom. The van der Waals surface area contributed by atoms with Crippen molar-refractivity contribution < 1.29 is 50.3 Å². The van der Waals surface area contributed by atoms with Crippen LogP contribution in [-0.4, -0.2) is 62.2 Å². The van der Waals surface area contributed by atoms with Gasteiger partial charge in [0.15, 0.2) is 13.2 Å². The lowest BCUT2D eigenvalue weighted by atomic mass is 10.0. The van der Waals surface area contributed by atoms with Gasteiger partial charge in [-0.3, -0.25) is 13.5 Å². The quantitative estimate of drug-likeness (QED) is 0.0750. The smallest absolute Gasteiger partial charge is 0.482 e. The summed E-state index contributed by atoms with van der Waals surface area (Å²) < 4.78 is 95.5. The lowest BCUT2D eigenvalue weighted by Crippen LogP contribution is -2.15. The van der Waals surface area contributed by atoms with E-state index in [1.807, 2.05) is 0 Å². The van der Waals surface area contributed by atoms with Crippen LogP contribution in [0.3, 0.4) is 0 Å². The summed E-state index contributed by atoms with van der Waals surface area (Å²) in [6.45, 7) is 4.54. The number of thiophene rings is 1. The molecule has 0 saturated carbocycles. The summed E-state index contributed by atoms with van der Waals surface area (Å²) in [6, 6.07) is 14.8. The number of aryl methyl sites for hydroxylation is 1. The standard InChI is InChI=1S/C36H30BBr2F5N2O6S2/c1-5-49-27(47)17-51-22-11-7-20(8-12-22)34-30(38)32(45-37(43)44)25(53-34)15-19(3)29(36(40,41)42)24-16-26-33(46(24)4)31(39)35(54-26)21-9-13-23(14-10-21)52-18-28(48)50-6-2/h7-16H,5-6,17-18H2,1-4H3/b25-15+,29-19-,45-32?. The lowest BCUT2D eigenvalue weighted by Gasteiger charge is -2.16. The van der Waals surface area contributed by atoms with Gasteiger partial charge in [-0.05, 0) is 118 Å². The Kier molecular flexibility index (Phi) is 13.6. The molecule has 0 unspecified atom stereocenters. The fourth-order valence-corrected chi connectivity index (χ4v) is 9.77. The molecule has 0 fully saturated rings. The van der Waals surface area contributed by atoms with Crippen molar-refractivity contribution >= 4 is 101 Å². The first-order chi connectivity index (χ1) is 25.6. The number of ether oxygens (including phenoxy) is 4. The van der Waals surface area contributed by atoms with Gasteiger partial charge in [0.25, 0.3) is 0 Å². The number of hydrogen-bond acceptors (Lipinski definition) is 9. The molecule has 3 heterocycles. The first-order valence-corrected chi connectivity index (χ1v) is 19.3. The fourth-order valence-electron chi connectivity index (χ4n) is 5.45. The van der Waals surface area contributed by atoms with Crippen LogP contribution in [0.2, 0.25) is 0 Å². The van der Waals surface area contributed by atoms with Gasteiger partial charge in [0.2, 0.25) is 0 Å². The van der Waals surface area contributed by atoms with Crippen LogP contribution in [0.1, 0.15) is 32.0 Å². The molecule has 4 aromatic rings. The Hall–Kier alpha value is -3.87. The van der Waals surface area contributed by atoms with Gasteiger partial charge in [-0.25, -0.2) is 9.59 Å². The first-order valence-electron chi connectivity index (χ1n) is 16.1. The molecule has 284 valence electrons. The number of fused-ring (bicyclic) bond motifs is 1. The number of aromatic nitrogens is 1. The second-order valence-electron chi connectivity index (χ2n) is 11.3. The van der Waals surface area contributed by atoms with E-state index in [2.05, 4.69) is 36.8 Å². The zero-order valence-corrected chi connectivity index (χ0v) is 33.8. The van der Waals surface area contributed by atoms with Gasteiger partial charge in [-0.2, -0.15) is 13.2 Å². The highest BCUT2D eigenvalue weighted by atomic mass is 79.9. The van der Waals surface area contributed by atoms with E-state index in [9.17, 15) is 31.4 Å². The molecule has 54 heavy (non-hydrogen) atoms. The Morgan fingerprint density at radius 3 is 1.93 bits per heavy atom. The molecule has 0 radical (unpaired) electrons. The maximum Gasteiger partial charge on any atom is 0.692 e. The van der Waals surface area contributed by atoms with E-state index in [4.69, 9.17) is 18.9 Å². The largest absolute Gasteiger partial charge is 0.692 e. The fraction of sp³-hybridized carbons (Fsp3) is 0.250. The number of benzene rings is 2. The molecule has 0 saturated heterocycles. The van der Waals surface area contributed by atoms with E-state index in [0.29, 0.717) is 36.7 Å². The van der Waals surface area contributed by atoms with Crippen molar-refractivity contribution in [2.24, 2.45) is 12.0 Å². The number of thioether (sulfide) groups is 1. The molecule has 0 atom stereocenters. The molecule has 8 nitrogen and oxygen atoms in total. The molecule has 0 amide bonds. The number of rotatable bonds is 13. The van der Waals surface area contributed by atoms with Crippen molar-refractivity contribution in [1.82, 2.24) is 4.57 Å². The first kappa shape index (κ1) is 41.3. The number of halogens is 7. The molecule has 0 N–H and O–H groups in total. The van der Waals surface area contributed by atoms with E-state index >= 15 is 0 Å². The zero-order chi connectivity index (χ0) is 39.3. The molecule has 5 rings (SSSR count). The Bertz CT molecular complexity index is 2180. The Balaban J connectivity index is 1.46. The molecule has 0 bridgehead atoms.